The van der Waals surface area contributed by atoms with E-state index in [0.29, 0.717) is 0 Å². The van der Waals surface area contributed by atoms with Gasteiger partial charge in [0.2, 0.25) is 0 Å². The van der Waals surface area contributed by atoms with Crippen LogP contribution in [0.25, 0.3) is 0 Å². The first-order valence-electron chi connectivity index (χ1n) is 9.65. The summed E-state index contributed by atoms with van der Waals surface area (Å²) in [5, 5.41) is 3.43. The Kier molecular flexibility index (Phi) is 4.93. The van der Waals surface area contributed by atoms with Crippen LogP contribution < -0.4 is 10.2 Å². The third-order valence-electron chi connectivity index (χ3n) is 5.62. The first kappa shape index (κ1) is 17.1. The van der Waals surface area contributed by atoms with E-state index in [2.05, 4.69) is 53.5 Å². The third-order valence-corrected chi connectivity index (χ3v) is 5.62. The maximum atomic E-state index is 13.0. The minimum atomic E-state index is 0.175. The topological polar surface area (TPSA) is 35.6 Å². The molecule has 1 N–H and O–H groups in total. The molecular formula is C22H27N3O. The van der Waals surface area contributed by atoms with Crippen molar-refractivity contribution < 1.29 is 4.79 Å². The lowest BCUT2D eigenvalue weighted by molar-refractivity contribution is 0.0746. The van der Waals surface area contributed by atoms with Crippen LogP contribution >= 0.6 is 0 Å². The van der Waals surface area contributed by atoms with Gasteiger partial charge < -0.3 is 15.1 Å². The number of rotatable bonds is 2. The van der Waals surface area contributed by atoms with Gasteiger partial charge in [-0.3, -0.25) is 4.79 Å². The average Bonchev–Trinajstić information content (AvgIpc) is 2.93. The first-order valence-corrected chi connectivity index (χ1v) is 9.65. The number of carbonyl (C=O) groups is 1. The van der Waals surface area contributed by atoms with Crippen LogP contribution in [0.3, 0.4) is 0 Å². The number of nitrogens with zero attached hydrogens (tertiary/aromatic N) is 2. The highest BCUT2D eigenvalue weighted by Gasteiger charge is 2.23. The summed E-state index contributed by atoms with van der Waals surface area (Å²) < 4.78 is 0. The van der Waals surface area contributed by atoms with E-state index in [1.807, 2.05) is 11.0 Å². The van der Waals surface area contributed by atoms with Crippen molar-refractivity contribution in [3.63, 3.8) is 0 Å². The van der Waals surface area contributed by atoms with E-state index in [0.717, 1.165) is 57.7 Å². The van der Waals surface area contributed by atoms with Gasteiger partial charge in [-0.2, -0.15) is 0 Å². The summed E-state index contributed by atoms with van der Waals surface area (Å²) in [7, 11) is 0. The zero-order valence-electron chi connectivity index (χ0n) is 15.5. The number of aryl methyl sites for hydroxylation is 1. The minimum absolute atomic E-state index is 0.175. The average molecular weight is 349 g/mol. The van der Waals surface area contributed by atoms with Gasteiger partial charge in [0.1, 0.15) is 0 Å². The summed E-state index contributed by atoms with van der Waals surface area (Å²) in [5.74, 6) is 0.175. The molecule has 26 heavy (non-hydrogen) atoms. The van der Waals surface area contributed by atoms with Crippen molar-refractivity contribution in [3.8, 4) is 0 Å². The van der Waals surface area contributed by atoms with E-state index >= 15 is 0 Å². The van der Waals surface area contributed by atoms with Crippen molar-refractivity contribution in [2.75, 3.05) is 44.2 Å². The van der Waals surface area contributed by atoms with E-state index in [-0.39, 0.29) is 5.91 Å². The number of piperazine rings is 1. The van der Waals surface area contributed by atoms with Gasteiger partial charge in [-0.05, 0) is 67.7 Å². The predicted octanol–water partition coefficient (Wildman–Crippen LogP) is 2.65. The van der Waals surface area contributed by atoms with Gasteiger partial charge in [0.05, 0.1) is 0 Å². The monoisotopic (exact) mass is 349 g/mol. The highest BCUT2D eigenvalue weighted by molar-refractivity contribution is 5.94. The van der Waals surface area contributed by atoms with E-state index in [1.54, 1.807) is 0 Å². The smallest absolute Gasteiger partial charge is 0.253 e. The number of para-hydroxylation sites is 1. The van der Waals surface area contributed by atoms with Crippen molar-refractivity contribution in [1.29, 1.82) is 0 Å². The van der Waals surface area contributed by atoms with Crippen LogP contribution in [0.4, 0.5) is 5.69 Å². The maximum Gasteiger partial charge on any atom is 0.253 e. The summed E-state index contributed by atoms with van der Waals surface area (Å²) >= 11 is 0. The van der Waals surface area contributed by atoms with Crippen LogP contribution in [0, 0.1) is 6.92 Å². The number of anilines is 1. The van der Waals surface area contributed by atoms with Gasteiger partial charge in [-0.1, -0.05) is 24.3 Å². The Labute approximate surface area is 155 Å². The van der Waals surface area contributed by atoms with Gasteiger partial charge in [0.25, 0.3) is 5.91 Å². The predicted molar refractivity (Wildman–Crippen MR) is 106 cm³/mol. The van der Waals surface area contributed by atoms with Gasteiger partial charge in [-0.15, -0.1) is 0 Å². The quantitative estimate of drug-likeness (QED) is 0.905. The van der Waals surface area contributed by atoms with E-state index in [9.17, 15) is 4.79 Å². The number of hydrogen-bond acceptors (Lipinski definition) is 3. The summed E-state index contributed by atoms with van der Waals surface area (Å²) in [6.07, 6.45) is 2.07. The second kappa shape index (κ2) is 7.50. The lowest BCUT2D eigenvalue weighted by Crippen LogP contribution is -2.49. The first-order chi connectivity index (χ1) is 12.7. The molecule has 136 valence electrons. The van der Waals surface area contributed by atoms with Gasteiger partial charge in [0.15, 0.2) is 0 Å². The van der Waals surface area contributed by atoms with Gasteiger partial charge in [-0.25, -0.2) is 0 Å². The maximum absolute atomic E-state index is 13.0. The molecule has 2 aliphatic heterocycles. The Hall–Kier alpha value is -2.33. The van der Waals surface area contributed by atoms with Gasteiger partial charge in [0, 0.05) is 37.4 Å². The molecule has 1 saturated heterocycles. The number of benzene rings is 2. The molecule has 4 rings (SSSR count). The third kappa shape index (κ3) is 3.47. The normalized spacial score (nSPS) is 17.6. The molecule has 0 bridgehead atoms. The van der Waals surface area contributed by atoms with Crippen molar-refractivity contribution in [2.45, 2.75) is 19.8 Å². The number of nitrogens with one attached hydrogen (secondary N) is 1. The van der Waals surface area contributed by atoms with E-state index in [4.69, 9.17) is 0 Å². The molecule has 4 nitrogen and oxygen atoms in total. The van der Waals surface area contributed by atoms with E-state index < -0.39 is 0 Å². The largest absolute Gasteiger partial charge is 0.368 e. The minimum Gasteiger partial charge on any atom is -0.368 e. The van der Waals surface area contributed by atoms with Crippen molar-refractivity contribution in [1.82, 2.24) is 10.2 Å². The molecule has 0 spiro atoms. The summed E-state index contributed by atoms with van der Waals surface area (Å²) in [6, 6.07) is 14.8. The molecule has 1 fully saturated rings. The molecule has 0 aromatic heterocycles. The fourth-order valence-electron chi connectivity index (χ4n) is 4.06. The Morgan fingerprint density at radius 2 is 1.65 bits per heavy atom. The van der Waals surface area contributed by atoms with Crippen molar-refractivity contribution in [3.05, 3.63) is 64.7 Å². The molecule has 0 saturated carbocycles. The molecule has 2 aliphatic rings. The van der Waals surface area contributed by atoms with Crippen LogP contribution in [0.1, 0.15) is 27.0 Å². The lowest BCUT2D eigenvalue weighted by Gasteiger charge is -2.37. The Morgan fingerprint density at radius 3 is 2.42 bits per heavy atom. The Bertz CT molecular complexity index is 794. The number of carbonyl (C=O) groups excluding carboxylic acids is 1. The SMILES string of the molecule is Cc1ccccc1N1CCN(C(=O)c2ccc3c(c2)CCNCC3)CC1. The van der Waals surface area contributed by atoms with Crippen LogP contribution in [0.2, 0.25) is 0 Å². The molecule has 2 aromatic rings. The van der Waals surface area contributed by atoms with Gasteiger partial charge >= 0.3 is 0 Å². The summed E-state index contributed by atoms with van der Waals surface area (Å²) in [5.41, 5.74) is 6.15. The lowest BCUT2D eigenvalue weighted by atomic mass is 9.99. The highest BCUT2D eigenvalue weighted by atomic mass is 16.2. The molecule has 2 heterocycles. The summed E-state index contributed by atoms with van der Waals surface area (Å²) in [4.78, 5) is 17.4. The van der Waals surface area contributed by atoms with E-state index in [1.165, 1.54) is 22.4 Å². The second-order valence-electron chi connectivity index (χ2n) is 7.30. The number of amides is 1. The fraction of sp³-hybridized carbons (Fsp3) is 0.409. The fourth-order valence-corrected chi connectivity index (χ4v) is 4.06. The number of hydrogen-bond donors (Lipinski definition) is 1. The van der Waals surface area contributed by atoms with Crippen LogP contribution in [-0.4, -0.2) is 50.1 Å². The van der Waals surface area contributed by atoms with Crippen molar-refractivity contribution >= 4 is 11.6 Å². The van der Waals surface area contributed by atoms with Crippen molar-refractivity contribution in [2.24, 2.45) is 0 Å². The Balaban J connectivity index is 1.44. The molecule has 0 unspecified atom stereocenters. The molecule has 0 aliphatic carbocycles. The standard InChI is InChI=1S/C22H27N3O/c1-17-4-2-3-5-21(17)24-12-14-25(15-13-24)22(26)20-7-6-18-8-10-23-11-9-19(18)16-20/h2-7,16,23H,8-15H2,1H3. The van der Waals surface area contributed by atoms with Crippen LogP contribution in [0.15, 0.2) is 42.5 Å². The molecule has 4 heteroatoms. The second-order valence-corrected chi connectivity index (χ2v) is 7.30. The molecular weight excluding hydrogens is 322 g/mol. The molecule has 0 radical (unpaired) electrons. The van der Waals surface area contributed by atoms with Crippen LogP contribution in [0.5, 0.6) is 0 Å². The molecule has 0 atom stereocenters. The highest BCUT2D eigenvalue weighted by Crippen LogP contribution is 2.22. The molecule has 2 aromatic carbocycles. The number of fused-ring (bicyclic) bond motifs is 1. The summed E-state index contributed by atoms with van der Waals surface area (Å²) in [6.45, 7) is 7.53. The van der Waals surface area contributed by atoms with Crippen LogP contribution in [-0.2, 0) is 12.8 Å². The molecule has 1 amide bonds. The zero-order chi connectivity index (χ0) is 17.9. The Morgan fingerprint density at radius 1 is 0.923 bits per heavy atom. The zero-order valence-corrected chi connectivity index (χ0v) is 15.5.